The van der Waals surface area contributed by atoms with E-state index in [-0.39, 0.29) is 18.4 Å². The molecule has 3 rings (SSSR count). The van der Waals surface area contributed by atoms with Crippen molar-refractivity contribution in [3.8, 4) is 23.0 Å². The van der Waals surface area contributed by atoms with Crippen molar-refractivity contribution >= 4 is 17.5 Å². The molecular formula is C22H26N2O6. The molecule has 0 spiro atoms. The van der Waals surface area contributed by atoms with Gasteiger partial charge in [-0.2, -0.15) is 0 Å². The molecule has 2 aromatic carbocycles. The van der Waals surface area contributed by atoms with Crippen molar-refractivity contribution in [2.45, 2.75) is 13.3 Å². The maximum atomic E-state index is 13.0. The Bertz CT molecular complexity index is 943. The van der Waals surface area contributed by atoms with E-state index in [9.17, 15) is 9.59 Å². The Kier molecular flexibility index (Phi) is 6.66. The lowest BCUT2D eigenvalue weighted by atomic mass is 9.95. The number of amides is 2. The van der Waals surface area contributed by atoms with Gasteiger partial charge in [-0.15, -0.1) is 0 Å². The van der Waals surface area contributed by atoms with Gasteiger partial charge in [0, 0.05) is 12.1 Å². The Morgan fingerprint density at radius 2 is 1.90 bits per heavy atom. The third-order valence-corrected chi connectivity index (χ3v) is 4.88. The van der Waals surface area contributed by atoms with E-state index >= 15 is 0 Å². The maximum absolute atomic E-state index is 13.0. The van der Waals surface area contributed by atoms with Crippen molar-refractivity contribution in [3.63, 3.8) is 0 Å². The van der Waals surface area contributed by atoms with Crippen LogP contribution in [0.25, 0.3) is 0 Å². The molecule has 1 unspecified atom stereocenters. The number of rotatable bonds is 7. The molecule has 0 saturated carbocycles. The summed E-state index contributed by atoms with van der Waals surface area (Å²) in [7, 11) is 4.55. The molecule has 0 bridgehead atoms. The highest BCUT2D eigenvalue weighted by atomic mass is 16.5. The van der Waals surface area contributed by atoms with Crippen LogP contribution in [0.15, 0.2) is 30.3 Å². The Morgan fingerprint density at radius 1 is 1.10 bits per heavy atom. The van der Waals surface area contributed by atoms with E-state index in [1.807, 2.05) is 25.1 Å². The van der Waals surface area contributed by atoms with Crippen molar-refractivity contribution in [2.24, 2.45) is 5.92 Å². The van der Waals surface area contributed by atoms with Gasteiger partial charge in [-0.1, -0.05) is 0 Å². The second kappa shape index (κ2) is 9.39. The third kappa shape index (κ3) is 4.42. The molecule has 1 atom stereocenters. The summed E-state index contributed by atoms with van der Waals surface area (Å²) in [6.45, 7) is 2.56. The van der Waals surface area contributed by atoms with Crippen LogP contribution in [0.5, 0.6) is 23.0 Å². The molecule has 0 saturated heterocycles. The molecule has 1 aliphatic heterocycles. The van der Waals surface area contributed by atoms with E-state index in [0.717, 1.165) is 11.3 Å². The fraction of sp³-hybridized carbons (Fsp3) is 0.364. The van der Waals surface area contributed by atoms with Crippen molar-refractivity contribution in [1.82, 2.24) is 5.32 Å². The first-order valence-corrected chi connectivity index (χ1v) is 9.65. The predicted molar refractivity (Wildman–Crippen MR) is 112 cm³/mol. The summed E-state index contributed by atoms with van der Waals surface area (Å²) in [5, 5.41) is 5.60. The van der Waals surface area contributed by atoms with E-state index in [1.54, 1.807) is 19.2 Å². The molecule has 0 fully saturated rings. The normalized spacial score (nSPS) is 14.7. The van der Waals surface area contributed by atoms with Gasteiger partial charge >= 0.3 is 0 Å². The molecule has 8 heteroatoms. The van der Waals surface area contributed by atoms with E-state index < -0.39 is 5.92 Å². The van der Waals surface area contributed by atoms with Crippen molar-refractivity contribution in [2.75, 3.05) is 39.8 Å². The average molecular weight is 414 g/mol. The fourth-order valence-electron chi connectivity index (χ4n) is 3.35. The lowest BCUT2D eigenvalue weighted by Crippen LogP contribution is -2.33. The minimum Gasteiger partial charge on any atom is -0.497 e. The molecule has 30 heavy (non-hydrogen) atoms. The lowest BCUT2D eigenvalue weighted by molar-refractivity contribution is -0.121. The average Bonchev–Trinajstić information content (AvgIpc) is 2.77. The Hall–Kier alpha value is -3.42. The summed E-state index contributed by atoms with van der Waals surface area (Å²) in [4.78, 5) is 25.3. The van der Waals surface area contributed by atoms with Crippen molar-refractivity contribution < 1.29 is 28.5 Å². The third-order valence-electron chi connectivity index (χ3n) is 4.88. The number of methoxy groups -OCH3 is 3. The molecule has 0 aliphatic carbocycles. The summed E-state index contributed by atoms with van der Waals surface area (Å²) in [6, 6.07) is 8.68. The number of carbonyl (C=O) groups excluding carboxylic acids is 2. The number of anilines is 1. The number of benzene rings is 2. The highest BCUT2D eigenvalue weighted by Crippen LogP contribution is 2.37. The molecule has 160 valence electrons. The lowest BCUT2D eigenvalue weighted by Gasteiger charge is -2.25. The molecule has 2 N–H and O–H groups in total. The van der Waals surface area contributed by atoms with Crippen LogP contribution in [-0.2, 0) is 11.2 Å². The highest BCUT2D eigenvalue weighted by Gasteiger charge is 2.28. The fourth-order valence-corrected chi connectivity index (χ4v) is 3.35. The van der Waals surface area contributed by atoms with Crippen LogP contribution in [0.3, 0.4) is 0 Å². The van der Waals surface area contributed by atoms with Crippen LogP contribution < -0.4 is 29.6 Å². The van der Waals surface area contributed by atoms with E-state index in [0.29, 0.717) is 41.5 Å². The Balaban J connectivity index is 1.84. The number of fused-ring (bicyclic) bond motifs is 1. The quantitative estimate of drug-likeness (QED) is 0.723. The summed E-state index contributed by atoms with van der Waals surface area (Å²) >= 11 is 0. The molecule has 0 aromatic heterocycles. The molecular weight excluding hydrogens is 388 g/mol. The van der Waals surface area contributed by atoms with Crippen molar-refractivity contribution in [3.05, 3.63) is 41.5 Å². The largest absolute Gasteiger partial charge is 0.497 e. The zero-order chi connectivity index (χ0) is 21.7. The number of hydrogen-bond donors (Lipinski definition) is 2. The second-order valence-corrected chi connectivity index (χ2v) is 6.79. The molecule has 1 aliphatic rings. The summed E-state index contributed by atoms with van der Waals surface area (Å²) < 4.78 is 21.8. The molecule has 1 heterocycles. The first-order chi connectivity index (χ1) is 14.5. The topological polar surface area (TPSA) is 95.1 Å². The first kappa shape index (κ1) is 21.3. The van der Waals surface area contributed by atoms with Gasteiger partial charge in [0.15, 0.2) is 11.5 Å². The van der Waals surface area contributed by atoms with Crippen LogP contribution in [0.1, 0.15) is 22.8 Å². The molecule has 2 amide bonds. The second-order valence-electron chi connectivity index (χ2n) is 6.79. The van der Waals surface area contributed by atoms with Crippen molar-refractivity contribution in [1.29, 1.82) is 0 Å². The van der Waals surface area contributed by atoms with E-state index in [1.165, 1.54) is 14.2 Å². The van der Waals surface area contributed by atoms with Gasteiger partial charge in [0.25, 0.3) is 5.91 Å². The summed E-state index contributed by atoms with van der Waals surface area (Å²) in [6.07, 6.45) is 0.508. The van der Waals surface area contributed by atoms with Gasteiger partial charge in [0.05, 0.1) is 32.9 Å². The number of hydrogen-bond acceptors (Lipinski definition) is 6. The zero-order valence-corrected chi connectivity index (χ0v) is 17.5. The number of ether oxygens (including phenoxy) is 4. The van der Waals surface area contributed by atoms with Gasteiger partial charge < -0.3 is 29.6 Å². The van der Waals surface area contributed by atoms with Crippen LogP contribution >= 0.6 is 0 Å². The SMILES string of the molecule is CCNC(=O)c1cc(NC(=O)C2COc3ccc(OC)cc3C2)c(OC)c(OC)c1. The predicted octanol–water partition coefficient (Wildman–Crippen LogP) is 2.65. The van der Waals surface area contributed by atoms with Crippen LogP contribution in [0.4, 0.5) is 5.69 Å². The minimum atomic E-state index is -0.409. The Labute approximate surface area is 175 Å². The van der Waals surface area contributed by atoms with Gasteiger partial charge in [0.1, 0.15) is 18.1 Å². The highest BCUT2D eigenvalue weighted by molar-refractivity contribution is 6.00. The maximum Gasteiger partial charge on any atom is 0.251 e. The molecule has 2 aromatic rings. The Morgan fingerprint density at radius 3 is 2.57 bits per heavy atom. The standard InChI is InChI=1S/C22H26N2O6/c1-5-23-21(25)14-10-17(20(29-4)19(11-14)28-3)24-22(26)15-8-13-9-16(27-2)6-7-18(13)30-12-15/h6-7,9-11,15H,5,8,12H2,1-4H3,(H,23,25)(H,24,26). The molecule has 0 radical (unpaired) electrons. The zero-order valence-electron chi connectivity index (χ0n) is 17.5. The van der Waals surface area contributed by atoms with Crippen LogP contribution in [0.2, 0.25) is 0 Å². The van der Waals surface area contributed by atoms with Gasteiger partial charge in [0.2, 0.25) is 5.91 Å². The first-order valence-electron chi connectivity index (χ1n) is 9.65. The van der Waals surface area contributed by atoms with Crippen LogP contribution in [0, 0.1) is 5.92 Å². The van der Waals surface area contributed by atoms with Gasteiger partial charge in [-0.25, -0.2) is 0 Å². The summed E-state index contributed by atoms with van der Waals surface area (Å²) in [5.41, 5.74) is 1.63. The number of carbonyl (C=O) groups is 2. The van der Waals surface area contributed by atoms with Gasteiger partial charge in [-0.05, 0) is 49.2 Å². The number of nitrogens with one attached hydrogen (secondary N) is 2. The van der Waals surface area contributed by atoms with E-state index in [4.69, 9.17) is 18.9 Å². The minimum absolute atomic E-state index is 0.239. The van der Waals surface area contributed by atoms with Crippen LogP contribution in [-0.4, -0.2) is 46.3 Å². The summed E-state index contributed by atoms with van der Waals surface area (Å²) in [5.74, 6) is 1.24. The smallest absolute Gasteiger partial charge is 0.251 e. The van der Waals surface area contributed by atoms with E-state index in [2.05, 4.69) is 10.6 Å². The monoisotopic (exact) mass is 414 g/mol. The van der Waals surface area contributed by atoms with Gasteiger partial charge in [-0.3, -0.25) is 9.59 Å². The molecule has 8 nitrogen and oxygen atoms in total.